The molecule has 2 nitrogen and oxygen atoms in total. The molecule has 114 valence electrons. The Bertz CT molecular complexity index is 199. The Kier molecular flexibility index (Phi) is 13.8. The van der Waals surface area contributed by atoms with Crippen LogP contribution in [0.2, 0.25) is 0 Å². The lowest BCUT2D eigenvalue weighted by Crippen LogP contribution is -2.22. The molecule has 0 aliphatic rings. The minimum Gasteiger partial charge on any atom is -0.330 e. The largest absolute Gasteiger partial charge is 0.330 e. The van der Waals surface area contributed by atoms with Crippen molar-refractivity contribution < 1.29 is 4.79 Å². The van der Waals surface area contributed by atoms with E-state index in [0.717, 1.165) is 19.3 Å². The molecule has 0 rings (SSSR count). The van der Waals surface area contributed by atoms with Gasteiger partial charge < -0.3 is 5.73 Å². The van der Waals surface area contributed by atoms with Gasteiger partial charge in [0.05, 0.1) is 0 Å². The zero-order valence-electron chi connectivity index (χ0n) is 13.3. The van der Waals surface area contributed by atoms with Crippen molar-refractivity contribution in [2.24, 2.45) is 11.7 Å². The number of carbonyl (C=O) groups excluding carboxylic acids is 1. The van der Waals surface area contributed by atoms with Crippen LogP contribution in [0.1, 0.15) is 90.9 Å². The van der Waals surface area contributed by atoms with Crippen LogP contribution in [0.5, 0.6) is 0 Å². The van der Waals surface area contributed by atoms with Crippen LogP contribution in [0.3, 0.4) is 0 Å². The fourth-order valence-corrected chi connectivity index (χ4v) is 2.52. The Hall–Kier alpha value is -0.370. The molecule has 0 heterocycles. The number of rotatable bonds is 14. The van der Waals surface area contributed by atoms with Crippen molar-refractivity contribution in [3.05, 3.63) is 0 Å². The zero-order chi connectivity index (χ0) is 14.3. The Morgan fingerprint density at radius 1 is 0.842 bits per heavy atom. The van der Waals surface area contributed by atoms with Crippen molar-refractivity contribution in [3.63, 3.8) is 0 Å². The standard InChI is InChI=1S/C17H35NO/c1-3-5-6-7-8-9-10-11-12-13-14-17(19)16(4-2)15-18/h16H,3-15,18H2,1-2H3. The van der Waals surface area contributed by atoms with Gasteiger partial charge in [0.15, 0.2) is 0 Å². The summed E-state index contributed by atoms with van der Waals surface area (Å²) >= 11 is 0. The van der Waals surface area contributed by atoms with Gasteiger partial charge >= 0.3 is 0 Å². The van der Waals surface area contributed by atoms with Gasteiger partial charge in [0.1, 0.15) is 5.78 Å². The topological polar surface area (TPSA) is 43.1 Å². The van der Waals surface area contributed by atoms with Crippen LogP contribution in [-0.2, 0) is 4.79 Å². The van der Waals surface area contributed by atoms with Crippen molar-refractivity contribution in [1.29, 1.82) is 0 Å². The molecule has 0 spiro atoms. The second-order valence-corrected chi connectivity index (χ2v) is 5.74. The lowest BCUT2D eigenvalue weighted by atomic mass is 9.96. The summed E-state index contributed by atoms with van der Waals surface area (Å²) in [5.41, 5.74) is 5.58. The highest BCUT2D eigenvalue weighted by atomic mass is 16.1. The molecule has 0 radical (unpaired) electrons. The maximum absolute atomic E-state index is 11.8. The molecule has 1 atom stereocenters. The molecule has 0 bridgehead atoms. The molecule has 2 heteroatoms. The predicted octanol–water partition coefficient (Wildman–Crippen LogP) is 4.85. The molecule has 0 aromatic carbocycles. The molecule has 0 aromatic heterocycles. The molecular formula is C17H35NO. The average Bonchev–Trinajstić information content (AvgIpc) is 2.42. The summed E-state index contributed by atoms with van der Waals surface area (Å²) in [6.07, 6.45) is 14.8. The average molecular weight is 269 g/mol. The van der Waals surface area contributed by atoms with E-state index in [0.29, 0.717) is 12.3 Å². The first-order chi connectivity index (χ1) is 9.26. The molecule has 0 fully saturated rings. The smallest absolute Gasteiger partial charge is 0.137 e. The van der Waals surface area contributed by atoms with Gasteiger partial charge in [-0.05, 0) is 12.8 Å². The molecule has 1 unspecified atom stereocenters. The van der Waals surface area contributed by atoms with Crippen LogP contribution in [0, 0.1) is 5.92 Å². The number of Topliss-reactive ketones (excluding diaryl/α,β-unsaturated/α-hetero) is 1. The van der Waals surface area contributed by atoms with E-state index in [4.69, 9.17) is 5.73 Å². The van der Waals surface area contributed by atoms with E-state index < -0.39 is 0 Å². The minimum absolute atomic E-state index is 0.110. The Labute approximate surface area is 120 Å². The van der Waals surface area contributed by atoms with Gasteiger partial charge in [-0.3, -0.25) is 4.79 Å². The molecule has 0 aliphatic heterocycles. The van der Waals surface area contributed by atoms with E-state index >= 15 is 0 Å². The van der Waals surface area contributed by atoms with Crippen LogP contribution in [0.15, 0.2) is 0 Å². The third-order valence-electron chi connectivity index (χ3n) is 4.01. The van der Waals surface area contributed by atoms with Crippen molar-refractivity contribution in [1.82, 2.24) is 0 Å². The molecule has 0 aliphatic carbocycles. The Morgan fingerprint density at radius 3 is 1.74 bits per heavy atom. The summed E-state index contributed by atoms with van der Waals surface area (Å²) < 4.78 is 0. The molecule has 0 amide bonds. The van der Waals surface area contributed by atoms with Crippen molar-refractivity contribution >= 4 is 5.78 Å². The number of carbonyl (C=O) groups is 1. The van der Waals surface area contributed by atoms with E-state index in [-0.39, 0.29) is 5.92 Å². The van der Waals surface area contributed by atoms with Gasteiger partial charge in [-0.15, -0.1) is 0 Å². The normalized spacial score (nSPS) is 12.6. The van der Waals surface area contributed by atoms with Crippen molar-refractivity contribution in [2.75, 3.05) is 6.54 Å². The Morgan fingerprint density at radius 2 is 1.32 bits per heavy atom. The summed E-state index contributed by atoms with van der Waals surface area (Å²) in [5, 5.41) is 0. The Balaban J connectivity index is 3.24. The summed E-state index contributed by atoms with van der Waals surface area (Å²) in [6.45, 7) is 4.83. The van der Waals surface area contributed by atoms with Crippen molar-refractivity contribution in [2.45, 2.75) is 90.9 Å². The summed E-state index contributed by atoms with van der Waals surface area (Å²) in [5.74, 6) is 0.489. The van der Waals surface area contributed by atoms with Gasteiger partial charge in [-0.1, -0.05) is 71.6 Å². The number of unbranched alkanes of at least 4 members (excludes halogenated alkanes) is 9. The summed E-state index contributed by atoms with van der Waals surface area (Å²) in [4.78, 5) is 11.8. The SMILES string of the molecule is CCCCCCCCCCCCC(=O)C(CC)CN. The predicted molar refractivity (Wildman–Crippen MR) is 84.3 cm³/mol. The van der Waals surface area contributed by atoms with Crippen LogP contribution < -0.4 is 5.73 Å². The number of hydrogen-bond donors (Lipinski definition) is 1. The fourth-order valence-electron chi connectivity index (χ4n) is 2.52. The molecular weight excluding hydrogens is 234 g/mol. The lowest BCUT2D eigenvalue weighted by molar-refractivity contribution is -0.122. The maximum atomic E-state index is 11.8. The molecule has 0 saturated heterocycles. The second-order valence-electron chi connectivity index (χ2n) is 5.74. The number of nitrogens with two attached hydrogens (primary N) is 1. The molecule has 2 N–H and O–H groups in total. The van der Waals surface area contributed by atoms with E-state index in [1.807, 2.05) is 6.92 Å². The highest BCUT2D eigenvalue weighted by Crippen LogP contribution is 2.13. The molecule has 0 aromatic rings. The van der Waals surface area contributed by atoms with Crippen LogP contribution in [-0.4, -0.2) is 12.3 Å². The lowest BCUT2D eigenvalue weighted by Gasteiger charge is -2.10. The molecule has 0 saturated carbocycles. The third-order valence-corrected chi connectivity index (χ3v) is 4.01. The monoisotopic (exact) mass is 269 g/mol. The first kappa shape index (κ1) is 18.6. The van der Waals surface area contributed by atoms with Crippen LogP contribution in [0.25, 0.3) is 0 Å². The minimum atomic E-state index is 0.110. The second kappa shape index (κ2) is 14.0. The van der Waals surface area contributed by atoms with E-state index in [1.54, 1.807) is 0 Å². The zero-order valence-corrected chi connectivity index (χ0v) is 13.3. The highest BCUT2D eigenvalue weighted by Gasteiger charge is 2.13. The third kappa shape index (κ3) is 11.2. The van der Waals surface area contributed by atoms with Gasteiger partial charge in [-0.25, -0.2) is 0 Å². The number of ketones is 1. The van der Waals surface area contributed by atoms with Gasteiger partial charge in [0.25, 0.3) is 0 Å². The molecule has 19 heavy (non-hydrogen) atoms. The van der Waals surface area contributed by atoms with Gasteiger partial charge in [0.2, 0.25) is 0 Å². The first-order valence-corrected chi connectivity index (χ1v) is 8.49. The van der Waals surface area contributed by atoms with E-state index in [1.165, 1.54) is 57.8 Å². The van der Waals surface area contributed by atoms with Crippen LogP contribution in [0.4, 0.5) is 0 Å². The number of hydrogen-bond acceptors (Lipinski definition) is 2. The quantitative estimate of drug-likeness (QED) is 0.458. The van der Waals surface area contributed by atoms with E-state index in [2.05, 4.69) is 6.92 Å². The first-order valence-electron chi connectivity index (χ1n) is 8.49. The fraction of sp³-hybridized carbons (Fsp3) is 0.941. The van der Waals surface area contributed by atoms with Crippen LogP contribution >= 0.6 is 0 Å². The van der Waals surface area contributed by atoms with Gasteiger partial charge in [0, 0.05) is 18.9 Å². The van der Waals surface area contributed by atoms with Gasteiger partial charge in [-0.2, -0.15) is 0 Å². The maximum Gasteiger partial charge on any atom is 0.137 e. The summed E-state index contributed by atoms with van der Waals surface area (Å²) in [7, 11) is 0. The van der Waals surface area contributed by atoms with E-state index in [9.17, 15) is 4.79 Å². The highest BCUT2D eigenvalue weighted by molar-refractivity contribution is 5.81. The van der Waals surface area contributed by atoms with Crippen molar-refractivity contribution in [3.8, 4) is 0 Å². The summed E-state index contributed by atoms with van der Waals surface area (Å²) in [6, 6.07) is 0.